The molecule has 0 amide bonds. The Bertz CT molecular complexity index is 741. The molecular weight excluding hydrogens is 246 g/mol. The zero-order chi connectivity index (χ0) is 13.4. The topological polar surface area (TPSA) is 33.1 Å². The minimum Gasteiger partial charge on any atom is -0.292 e. The van der Waals surface area contributed by atoms with Gasteiger partial charge in [0.2, 0.25) is 0 Å². The fourth-order valence-corrected chi connectivity index (χ4v) is 2.39. The Hall–Kier alpha value is -2.81. The lowest BCUT2D eigenvalue weighted by molar-refractivity contribution is 0.978. The number of fused-ring (bicyclic) bond motifs is 1. The van der Waals surface area contributed by atoms with E-state index in [9.17, 15) is 0 Å². The second-order valence-electron chi connectivity index (χ2n) is 4.76. The van der Waals surface area contributed by atoms with Gasteiger partial charge in [-0.1, -0.05) is 60.7 Å². The van der Waals surface area contributed by atoms with E-state index in [1.54, 1.807) is 0 Å². The highest BCUT2D eigenvalue weighted by atomic mass is 15.3. The lowest BCUT2D eigenvalue weighted by Gasteiger charge is -1.96. The van der Waals surface area contributed by atoms with Gasteiger partial charge in [0, 0.05) is 11.6 Å². The monoisotopic (exact) mass is 259 g/mol. The first-order valence-corrected chi connectivity index (χ1v) is 6.59. The molecule has 0 unspecified atom stereocenters. The molecule has 0 aliphatic heterocycles. The van der Waals surface area contributed by atoms with Crippen LogP contribution in [0, 0.1) is 0 Å². The largest absolute Gasteiger partial charge is 0.292 e. The SMILES string of the molecule is c1ccc(-c2cn3[nH]c(-c4ccccc4)cc3n2)cc1. The Balaban J connectivity index is 1.78. The van der Waals surface area contributed by atoms with Crippen molar-refractivity contribution in [2.45, 2.75) is 0 Å². The second kappa shape index (κ2) is 4.38. The van der Waals surface area contributed by atoms with Gasteiger partial charge in [0.15, 0.2) is 5.65 Å². The van der Waals surface area contributed by atoms with Gasteiger partial charge in [0.1, 0.15) is 0 Å². The molecule has 0 spiro atoms. The van der Waals surface area contributed by atoms with Gasteiger partial charge in [0.25, 0.3) is 0 Å². The maximum Gasteiger partial charge on any atom is 0.154 e. The maximum absolute atomic E-state index is 4.66. The molecular formula is C17H13N3. The summed E-state index contributed by atoms with van der Waals surface area (Å²) in [5.74, 6) is 0. The van der Waals surface area contributed by atoms with E-state index in [4.69, 9.17) is 0 Å². The molecule has 2 heterocycles. The van der Waals surface area contributed by atoms with Crippen molar-refractivity contribution in [2.75, 3.05) is 0 Å². The Kier molecular flexibility index (Phi) is 2.42. The molecule has 2 aromatic heterocycles. The number of nitrogens with zero attached hydrogens (tertiary/aromatic N) is 2. The van der Waals surface area contributed by atoms with E-state index in [1.165, 1.54) is 5.56 Å². The van der Waals surface area contributed by atoms with Crippen molar-refractivity contribution in [1.82, 2.24) is 14.6 Å². The number of aromatic nitrogens is 3. The van der Waals surface area contributed by atoms with Crippen molar-refractivity contribution in [3.63, 3.8) is 0 Å². The molecule has 4 rings (SSSR count). The summed E-state index contributed by atoms with van der Waals surface area (Å²) >= 11 is 0. The molecule has 0 aliphatic carbocycles. The first kappa shape index (κ1) is 11.1. The fourth-order valence-electron chi connectivity index (χ4n) is 2.39. The van der Waals surface area contributed by atoms with Crippen LogP contribution in [0.5, 0.6) is 0 Å². The zero-order valence-electron chi connectivity index (χ0n) is 10.8. The summed E-state index contributed by atoms with van der Waals surface area (Å²) in [4.78, 5) is 4.66. The number of nitrogens with one attached hydrogen (secondary N) is 1. The van der Waals surface area contributed by atoms with Crippen molar-refractivity contribution in [3.8, 4) is 22.5 Å². The van der Waals surface area contributed by atoms with Crippen molar-refractivity contribution >= 4 is 5.65 Å². The van der Waals surface area contributed by atoms with E-state index in [-0.39, 0.29) is 0 Å². The van der Waals surface area contributed by atoms with Crippen LogP contribution in [0.1, 0.15) is 0 Å². The highest BCUT2D eigenvalue weighted by Crippen LogP contribution is 2.23. The number of hydrogen-bond acceptors (Lipinski definition) is 1. The van der Waals surface area contributed by atoms with E-state index in [2.05, 4.69) is 40.4 Å². The molecule has 0 fully saturated rings. The van der Waals surface area contributed by atoms with Gasteiger partial charge < -0.3 is 0 Å². The zero-order valence-corrected chi connectivity index (χ0v) is 10.8. The number of aromatic amines is 1. The molecule has 96 valence electrons. The standard InChI is InChI=1S/C17H13N3/c1-3-7-13(8-4-1)15-11-17-18-16(12-20(17)19-15)14-9-5-2-6-10-14/h1-12,19H. The average Bonchev–Trinajstić information content (AvgIpc) is 3.08. The van der Waals surface area contributed by atoms with Crippen molar-refractivity contribution in [1.29, 1.82) is 0 Å². The summed E-state index contributed by atoms with van der Waals surface area (Å²) in [7, 11) is 0. The van der Waals surface area contributed by atoms with Gasteiger partial charge in [-0.2, -0.15) is 0 Å². The van der Waals surface area contributed by atoms with Crippen LogP contribution in [0.3, 0.4) is 0 Å². The predicted molar refractivity (Wildman–Crippen MR) is 80.4 cm³/mol. The van der Waals surface area contributed by atoms with Crippen LogP contribution in [0.25, 0.3) is 28.2 Å². The highest BCUT2D eigenvalue weighted by Gasteiger charge is 2.07. The van der Waals surface area contributed by atoms with E-state index < -0.39 is 0 Å². The number of hydrogen-bond donors (Lipinski definition) is 1. The van der Waals surface area contributed by atoms with E-state index >= 15 is 0 Å². The Morgan fingerprint density at radius 1 is 0.800 bits per heavy atom. The molecule has 20 heavy (non-hydrogen) atoms. The first-order valence-electron chi connectivity index (χ1n) is 6.59. The summed E-state index contributed by atoms with van der Waals surface area (Å²) in [5.41, 5.74) is 5.29. The van der Waals surface area contributed by atoms with Gasteiger partial charge in [-0.25, -0.2) is 9.50 Å². The van der Waals surface area contributed by atoms with E-state index in [1.807, 2.05) is 47.1 Å². The van der Waals surface area contributed by atoms with Gasteiger partial charge in [-0.3, -0.25) is 5.10 Å². The lowest BCUT2D eigenvalue weighted by Crippen LogP contribution is -1.82. The van der Waals surface area contributed by atoms with Gasteiger partial charge >= 0.3 is 0 Å². The third kappa shape index (κ3) is 1.80. The smallest absolute Gasteiger partial charge is 0.154 e. The Morgan fingerprint density at radius 2 is 1.45 bits per heavy atom. The highest BCUT2D eigenvalue weighted by molar-refractivity contribution is 5.68. The third-order valence-electron chi connectivity index (χ3n) is 3.40. The first-order chi connectivity index (χ1) is 9.90. The third-order valence-corrected chi connectivity index (χ3v) is 3.40. The minimum absolute atomic E-state index is 0.933. The molecule has 0 atom stereocenters. The minimum atomic E-state index is 0.933. The van der Waals surface area contributed by atoms with Crippen LogP contribution in [0.2, 0.25) is 0 Å². The molecule has 0 aliphatic rings. The van der Waals surface area contributed by atoms with Crippen LogP contribution in [-0.2, 0) is 0 Å². The number of rotatable bonds is 2. The normalized spacial score (nSPS) is 11.0. The van der Waals surface area contributed by atoms with Crippen LogP contribution < -0.4 is 0 Å². The van der Waals surface area contributed by atoms with E-state index in [0.717, 1.165) is 22.6 Å². The van der Waals surface area contributed by atoms with Crippen molar-refractivity contribution < 1.29 is 0 Å². The molecule has 4 aromatic rings. The van der Waals surface area contributed by atoms with Gasteiger partial charge in [0.05, 0.1) is 17.6 Å². The Morgan fingerprint density at radius 3 is 2.10 bits per heavy atom. The van der Waals surface area contributed by atoms with Crippen LogP contribution in [-0.4, -0.2) is 14.6 Å². The van der Waals surface area contributed by atoms with Crippen LogP contribution in [0.15, 0.2) is 72.9 Å². The van der Waals surface area contributed by atoms with Crippen LogP contribution >= 0.6 is 0 Å². The molecule has 3 nitrogen and oxygen atoms in total. The fraction of sp³-hybridized carbons (Fsp3) is 0. The molecule has 0 bridgehead atoms. The maximum atomic E-state index is 4.66. The molecule has 2 aromatic carbocycles. The summed E-state index contributed by atoms with van der Waals surface area (Å²) in [5, 5.41) is 3.36. The molecule has 0 saturated heterocycles. The quantitative estimate of drug-likeness (QED) is 0.580. The van der Waals surface area contributed by atoms with Gasteiger partial charge in [-0.05, 0) is 5.56 Å². The molecule has 0 radical (unpaired) electrons. The summed E-state index contributed by atoms with van der Waals surface area (Å²) < 4.78 is 1.96. The summed E-state index contributed by atoms with van der Waals surface area (Å²) in [6.07, 6.45) is 2.02. The number of H-pyrrole nitrogens is 1. The lowest BCUT2D eigenvalue weighted by atomic mass is 10.1. The summed E-state index contributed by atoms with van der Waals surface area (Å²) in [6.45, 7) is 0. The summed E-state index contributed by atoms with van der Waals surface area (Å²) in [6, 6.07) is 22.5. The Labute approximate surface area is 116 Å². The van der Waals surface area contributed by atoms with Crippen molar-refractivity contribution in [3.05, 3.63) is 72.9 Å². The molecule has 0 saturated carbocycles. The van der Waals surface area contributed by atoms with E-state index in [0.29, 0.717) is 0 Å². The van der Waals surface area contributed by atoms with Gasteiger partial charge in [-0.15, -0.1) is 0 Å². The molecule has 3 heteroatoms. The van der Waals surface area contributed by atoms with Crippen LogP contribution in [0.4, 0.5) is 0 Å². The number of imidazole rings is 1. The van der Waals surface area contributed by atoms with Crippen molar-refractivity contribution in [2.24, 2.45) is 0 Å². The second-order valence-corrected chi connectivity index (χ2v) is 4.76. The number of benzene rings is 2. The molecule has 1 N–H and O–H groups in total. The predicted octanol–water partition coefficient (Wildman–Crippen LogP) is 4.00. The average molecular weight is 259 g/mol.